The number of aromatic nitrogens is 2. The lowest BCUT2D eigenvalue weighted by atomic mass is 9.90. The fraction of sp³-hybridized carbons (Fsp3) is 0.524. The van der Waals surface area contributed by atoms with E-state index in [1.165, 1.54) is 0 Å². The van der Waals surface area contributed by atoms with Crippen molar-refractivity contribution in [1.82, 2.24) is 15.3 Å². The Labute approximate surface area is 188 Å². The molecule has 0 aliphatic carbocycles. The molecule has 4 nitrogen and oxygen atoms in total. The van der Waals surface area contributed by atoms with Gasteiger partial charge in [-0.25, -0.2) is 9.97 Å². The van der Waals surface area contributed by atoms with Crippen molar-refractivity contribution in [3.63, 3.8) is 0 Å². The molecule has 30 heavy (non-hydrogen) atoms. The van der Waals surface area contributed by atoms with Crippen LogP contribution in [0.2, 0.25) is 5.02 Å². The molecule has 0 amide bonds. The van der Waals surface area contributed by atoms with Gasteiger partial charge in [-0.15, -0.1) is 0 Å². The molecular weight excluding hydrogens is 481 g/mol. The zero-order valence-electron chi connectivity index (χ0n) is 16.9. The Balaban J connectivity index is 1.96. The van der Waals surface area contributed by atoms with Crippen LogP contribution in [0.15, 0.2) is 35.1 Å². The smallest absolute Gasteiger partial charge is 0.333 e. The molecule has 164 valence electrons. The predicted molar refractivity (Wildman–Crippen MR) is 117 cm³/mol. The molecule has 0 saturated carbocycles. The van der Waals surface area contributed by atoms with Gasteiger partial charge >= 0.3 is 6.18 Å². The summed E-state index contributed by atoms with van der Waals surface area (Å²) < 4.78 is 40.6. The maximum atomic E-state index is 13.3. The highest BCUT2D eigenvalue weighted by Gasteiger charge is 2.34. The van der Waals surface area contributed by atoms with Crippen molar-refractivity contribution in [3.8, 4) is 0 Å². The van der Waals surface area contributed by atoms with E-state index >= 15 is 0 Å². The predicted octanol–water partition coefficient (Wildman–Crippen LogP) is 6.23. The third kappa shape index (κ3) is 5.86. The summed E-state index contributed by atoms with van der Waals surface area (Å²) in [6.07, 6.45) is 2.58. The van der Waals surface area contributed by atoms with E-state index in [1.54, 1.807) is 18.5 Å². The average Bonchev–Trinajstić information content (AvgIpc) is 2.71. The van der Waals surface area contributed by atoms with E-state index < -0.39 is 11.7 Å². The van der Waals surface area contributed by atoms with Crippen molar-refractivity contribution in [2.45, 2.75) is 70.4 Å². The van der Waals surface area contributed by atoms with E-state index in [2.05, 4.69) is 45.1 Å². The van der Waals surface area contributed by atoms with Gasteiger partial charge in [0.25, 0.3) is 0 Å². The lowest BCUT2D eigenvalue weighted by Crippen LogP contribution is -2.52. The summed E-state index contributed by atoms with van der Waals surface area (Å²) in [5.41, 5.74) is -0.258. The lowest BCUT2D eigenvalue weighted by molar-refractivity contribution is -0.137. The highest BCUT2D eigenvalue weighted by molar-refractivity contribution is 9.10. The fourth-order valence-electron chi connectivity index (χ4n) is 3.96. The first kappa shape index (κ1) is 23.3. The Hall–Kier alpha value is -1.38. The van der Waals surface area contributed by atoms with Gasteiger partial charge in [-0.05, 0) is 65.4 Å². The van der Waals surface area contributed by atoms with Crippen LogP contribution in [0.25, 0.3) is 0 Å². The molecule has 0 radical (unpaired) electrons. The van der Waals surface area contributed by atoms with Gasteiger partial charge in [-0.1, -0.05) is 25.4 Å². The number of nitrogens with one attached hydrogen (secondary N) is 1. The lowest BCUT2D eigenvalue weighted by Gasteiger charge is -2.41. The summed E-state index contributed by atoms with van der Waals surface area (Å²) in [6, 6.07) is 4.49. The van der Waals surface area contributed by atoms with E-state index in [-0.39, 0.29) is 17.6 Å². The Kier molecular flexibility index (Phi) is 7.63. The molecule has 2 heterocycles. The Bertz CT molecular complexity index is 835. The Morgan fingerprint density at radius 2 is 1.70 bits per heavy atom. The third-order valence-electron chi connectivity index (χ3n) is 5.51. The van der Waals surface area contributed by atoms with Crippen LogP contribution in [0.5, 0.6) is 0 Å². The molecule has 1 aromatic heterocycles. The van der Waals surface area contributed by atoms with Crippen molar-refractivity contribution in [3.05, 3.63) is 51.2 Å². The van der Waals surface area contributed by atoms with E-state index in [0.29, 0.717) is 23.6 Å². The first-order valence-corrected chi connectivity index (χ1v) is 11.2. The molecule has 1 aromatic carbocycles. The highest BCUT2D eigenvalue weighted by atomic mass is 79.9. The zero-order valence-corrected chi connectivity index (χ0v) is 19.2. The quantitative estimate of drug-likeness (QED) is 0.505. The van der Waals surface area contributed by atoms with Crippen LogP contribution in [-0.4, -0.2) is 28.1 Å². The second-order valence-electron chi connectivity index (χ2n) is 7.68. The van der Waals surface area contributed by atoms with Crippen LogP contribution in [0.4, 0.5) is 19.1 Å². The number of hydrogen-bond donors (Lipinski definition) is 1. The highest BCUT2D eigenvalue weighted by Crippen LogP contribution is 2.33. The molecule has 2 atom stereocenters. The molecule has 2 unspecified atom stereocenters. The van der Waals surface area contributed by atoms with Crippen LogP contribution >= 0.6 is 27.5 Å². The molecule has 3 rings (SSSR count). The molecule has 1 aliphatic rings. The third-order valence-corrected chi connectivity index (χ3v) is 6.14. The Morgan fingerprint density at radius 1 is 1.10 bits per heavy atom. The fourth-order valence-corrected chi connectivity index (χ4v) is 4.43. The number of alkyl halides is 3. The van der Waals surface area contributed by atoms with Gasteiger partial charge in [-0.3, -0.25) is 0 Å². The SMILES string of the molecule is CCC1CC(N(Cc2cc(Cl)cc(C(F)(F)F)c2)c2ncc(Br)cn2)CC(CC)N1. The van der Waals surface area contributed by atoms with E-state index in [1.807, 2.05) is 4.90 Å². The van der Waals surface area contributed by atoms with Crippen LogP contribution in [-0.2, 0) is 12.7 Å². The average molecular weight is 506 g/mol. The second kappa shape index (κ2) is 9.83. The van der Waals surface area contributed by atoms with E-state index in [9.17, 15) is 13.2 Å². The number of piperidine rings is 1. The zero-order chi connectivity index (χ0) is 21.9. The van der Waals surface area contributed by atoms with Gasteiger partial charge in [0.1, 0.15) is 0 Å². The van der Waals surface area contributed by atoms with Gasteiger partial charge in [0.05, 0.1) is 10.0 Å². The topological polar surface area (TPSA) is 41.1 Å². The van der Waals surface area contributed by atoms with Gasteiger partial charge in [0, 0.05) is 42.1 Å². The summed E-state index contributed by atoms with van der Waals surface area (Å²) in [5, 5.41) is 3.72. The first-order valence-electron chi connectivity index (χ1n) is 10.1. The normalized spacial score (nSPS) is 22.2. The molecule has 9 heteroatoms. The largest absolute Gasteiger partial charge is 0.416 e. The summed E-state index contributed by atoms with van der Waals surface area (Å²) in [4.78, 5) is 10.9. The van der Waals surface area contributed by atoms with Crippen LogP contribution < -0.4 is 10.2 Å². The monoisotopic (exact) mass is 504 g/mol. The number of nitrogens with zero attached hydrogens (tertiary/aromatic N) is 3. The minimum absolute atomic E-state index is 0.0691. The Morgan fingerprint density at radius 3 is 2.23 bits per heavy atom. The number of hydrogen-bond acceptors (Lipinski definition) is 4. The van der Waals surface area contributed by atoms with Crippen LogP contribution in [0, 0.1) is 0 Å². The number of rotatable bonds is 6. The molecule has 1 aliphatic heterocycles. The summed E-state index contributed by atoms with van der Waals surface area (Å²) in [7, 11) is 0. The number of benzene rings is 1. The van der Waals surface area contributed by atoms with Gasteiger partial charge < -0.3 is 10.2 Å². The molecule has 0 bridgehead atoms. The second-order valence-corrected chi connectivity index (χ2v) is 9.03. The maximum Gasteiger partial charge on any atom is 0.416 e. The molecule has 1 N–H and O–H groups in total. The standard InChI is InChI=1S/C21H25BrClF3N4/c1-3-17-8-19(9-18(4-2)29-17)30(20-27-10-15(22)11-28-20)12-13-5-14(21(24,25)26)7-16(23)6-13/h5-7,10-11,17-19,29H,3-4,8-9,12H2,1-2H3. The summed E-state index contributed by atoms with van der Waals surface area (Å²) in [6.45, 7) is 4.53. The minimum Gasteiger partial charge on any atom is -0.333 e. The molecule has 2 aromatic rings. The minimum atomic E-state index is -4.45. The summed E-state index contributed by atoms with van der Waals surface area (Å²) in [5.74, 6) is 0.503. The summed E-state index contributed by atoms with van der Waals surface area (Å²) >= 11 is 9.36. The molecule has 1 fully saturated rings. The van der Waals surface area contributed by atoms with Crippen molar-refractivity contribution in [2.24, 2.45) is 0 Å². The molecule has 1 saturated heterocycles. The number of halogens is 5. The van der Waals surface area contributed by atoms with Gasteiger partial charge in [0.2, 0.25) is 5.95 Å². The van der Waals surface area contributed by atoms with Crippen molar-refractivity contribution < 1.29 is 13.2 Å². The first-order chi connectivity index (χ1) is 14.2. The van der Waals surface area contributed by atoms with Crippen molar-refractivity contribution in [1.29, 1.82) is 0 Å². The molecule has 0 spiro atoms. The number of anilines is 1. The van der Waals surface area contributed by atoms with Crippen LogP contribution in [0.1, 0.15) is 50.7 Å². The van der Waals surface area contributed by atoms with Crippen molar-refractivity contribution in [2.75, 3.05) is 4.90 Å². The maximum absolute atomic E-state index is 13.3. The van der Waals surface area contributed by atoms with Gasteiger partial charge in [0.15, 0.2) is 0 Å². The van der Waals surface area contributed by atoms with Crippen LogP contribution in [0.3, 0.4) is 0 Å². The van der Waals surface area contributed by atoms with Crippen molar-refractivity contribution >= 4 is 33.5 Å². The van der Waals surface area contributed by atoms with Gasteiger partial charge in [-0.2, -0.15) is 13.2 Å². The molecular formula is C21H25BrClF3N4. The van der Waals surface area contributed by atoms with E-state index in [0.717, 1.165) is 42.3 Å². The van der Waals surface area contributed by atoms with E-state index in [4.69, 9.17) is 11.6 Å².